The van der Waals surface area contributed by atoms with Crippen molar-refractivity contribution in [1.29, 1.82) is 0 Å². The number of rotatable bonds is 4. The molecule has 1 heterocycles. The van der Waals surface area contributed by atoms with Crippen LogP contribution < -0.4 is 4.90 Å². The summed E-state index contributed by atoms with van der Waals surface area (Å²) in [5.41, 5.74) is 0. The van der Waals surface area contributed by atoms with Gasteiger partial charge in [-0.05, 0) is 31.5 Å². The quantitative estimate of drug-likeness (QED) is 0.783. The molecule has 0 amide bonds. The minimum absolute atomic E-state index is 0.730. The largest absolute Gasteiger partial charge is 0.344 e. The monoisotopic (exact) mass is 215 g/mol. The number of aromatic amines is 1. The van der Waals surface area contributed by atoms with Crippen LogP contribution in [0.1, 0.15) is 26.2 Å². The average molecular weight is 215 g/mol. The molecule has 13 heavy (non-hydrogen) atoms. The van der Waals surface area contributed by atoms with Crippen molar-refractivity contribution in [2.24, 2.45) is 0 Å². The zero-order valence-electron chi connectivity index (χ0n) is 7.62. The second-order valence-electron chi connectivity index (χ2n) is 3.32. The van der Waals surface area contributed by atoms with Crippen LogP contribution in [-0.4, -0.2) is 22.8 Å². The average Bonchev–Trinajstić information content (AvgIpc) is 2.85. The van der Waals surface area contributed by atoms with Crippen LogP contribution in [0.3, 0.4) is 0 Å². The Hall–Kier alpha value is -0.420. The number of nitrogens with zero attached hydrogens (tertiary/aromatic N) is 2. The van der Waals surface area contributed by atoms with E-state index in [1.165, 1.54) is 19.3 Å². The molecule has 3 nitrogen and oxygen atoms in total. The van der Waals surface area contributed by atoms with Crippen LogP contribution in [0.2, 0.25) is 0 Å². The molecule has 1 saturated carbocycles. The number of hydrogen-bond acceptors (Lipinski definition) is 4. The zero-order chi connectivity index (χ0) is 9.26. The summed E-state index contributed by atoms with van der Waals surface area (Å²) in [4.78, 5) is 2.37. The Morgan fingerprint density at radius 1 is 1.69 bits per heavy atom. The van der Waals surface area contributed by atoms with Crippen LogP contribution in [0, 0.1) is 3.95 Å². The van der Waals surface area contributed by atoms with Crippen molar-refractivity contribution < 1.29 is 0 Å². The summed E-state index contributed by atoms with van der Waals surface area (Å²) in [6, 6.07) is 0.730. The minimum Gasteiger partial charge on any atom is -0.344 e. The number of aromatic nitrogens is 2. The normalized spacial score (nSPS) is 16.1. The first kappa shape index (κ1) is 9.15. The fourth-order valence-corrected chi connectivity index (χ4v) is 2.38. The Bertz CT molecular complexity index is 326. The summed E-state index contributed by atoms with van der Waals surface area (Å²) in [7, 11) is 0. The molecular weight excluding hydrogens is 202 g/mol. The van der Waals surface area contributed by atoms with Gasteiger partial charge in [-0.3, -0.25) is 5.10 Å². The van der Waals surface area contributed by atoms with Gasteiger partial charge in [0.1, 0.15) is 0 Å². The maximum atomic E-state index is 5.02. The van der Waals surface area contributed by atoms with Crippen LogP contribution >= 0.6 is 23.6 Å². The first-order chi connectivity index (χ1) is 6.31. The molecule has 72 valence electrons. The lowest BCUT2D eigenvalue weighted by Gasteiger charge is -2.19. The molecule has 1 fully saturated rings. The van der Waals surface area contributed by atoms with Crippen LogP contribution in [0.15, 0.2) is 0 Å². The molecule has 1 N–H and O–H groups in total. The van der Waals surface area contributed by atoms with E-state index in [-0.39, 0.29) is 0 Å². The van der Waals surface area contributed by atoms with E-state index in [2.05, 4.69) is 22.0 Å². The van der Waals surface area contributed by atoms with E-state index in [4.69, 9.17) is 12.2 Å². The third-order valence-electron chi connectivity index (χ3n) is 2.12. The third kappa shape index (κ3) is 2.08. The summed E-state index contributed by atoms with van der Waals surface area (Å²) in [5, 5.41) is 8.11. The van der Waals surface area contributed by atoms with Crippen molar-refractivity contribution in [2.45, 2.75) is 32.2 Å². The Kier molecular flexibility index (Phi) is 2.64. The number of H-pyrrole nitrogens is 1. The van der Waals surface area contributed by atoms with Crippen molar-refractivity contribution in [1.82, 2.24) is 10.2 Å². The van der Waals surface area contributed by atoms with E-state index in [0.717, 1.165) is 21.7 Å². The molecule has 0 unspecified atom stereocenters. The van der Waals surface area contributed by atoms with Crippen LogP contribution in [0.4, 0.5) is 5.13 Å². The van der Waals surface area contributed by atoms with Crippen molar-refractivity contribution >= 4 is 28.7 Å². The second kappa shape index (κ2) is 3.75. The van der Waals surface area contributed by atoms with Gasteiger partial charge in [-0.1, -0.05) is 18.3 Å². The molecule has 1 aromatic heterocycles. The molecule has 5 heteroatoms. The lowest BCUT2D eigenvalue weighted by Crippen LogP contribution is -2.26. The Morgan fingerprint density at radius 3 is 2.92 bits per heavy atom. The lowest BCUT2D eigenvalue weighted by atomic mass is 10.4. The van der Waals surface area contributed by atoms with Crippen molar-refractivity contribution in [3.8, 4) is 0 Å². The predicted octanol–water partition coefficient (Wildman–Crippen LogP) is 2.58. The van der Waals surface area contributed by atoms with Crippen LogP contribution in [0.25, 0.3) is 0 Å². The molecule has 0 atom stereocenters. The van der Waals surface area contributed by atoms with E-state index in [0.29, 0.717) is 0 Å². The van der Waals surface area contributed by atoms with E-state index in [9.17, 15) is 0 Å². The summed E-state index contributed by atoms with van der Waals surface area (Å²) in [6.07, 6.45) is 3.79. The van der Waals surface area contributed by atoms with E-state index < -0.39 is 0 Å². The summed E-state index contributed by atoms with van der Waals surface area (Å²) < 4.78 is 0.775. The number of anilines is 1. The molecule has 0 spiro atoms. The van der Waals surface area contributed by atoms with Gasteiger partial charge in [-0.25, -0.2) is 0 Å². The fourth-order valence-electron chi connectivity index (χ4n) is 1.41. The Labute approximate surface area is 86.8 Å². The molecule has 1 aliphatic rings. The number of nitrogens with one attached hydrogen (secondary N) is 1. The highest BCUT2D eigenvalue weighted by Crippen LogP contribution is 2.32. The Balaban J connectivity index is 2.14. The highest BCUT2D eigenvalue weighted by molar-refractivity contribution is 7.73. The van der Waals surface area contributed by atoms with Gasteiger partial charge in [-0.2, -0.15) is 0 Å². The molecule has 0 aromatic carbocycles. The SMILES string of the molecule is CCCN(c1n[nH]c(=S)s1)C1CC1. The molecule has 0 bridgehead atoms. The maximum Gasteiger partial charge on any atom is 0.207 e. The Morgan fingerprint density at radius 2 is 2.46 bits per heavy atom. The second-order valence-corrected chi connectivity index (χ2v) is 4.96. The number of hydrogen-bond donors (Lipinski definition) is 1. The molecule has 0 aliphatic heterocycles. The summed E-state index contributed by atoms with van der Waals surface area (Å²) in [6.45, 7) is 3.29. The zero-order valence-corrected chi connectivity index (χ0v) is 9.25. The first-order valence-electron chi connectivity index (χ1n) is 4.63. The smallest absolute Gasteiger partial charge is 0.207 e. The molecule has 1 aromatic rings. The molecule has 0 radical (unpaired) electrons. The standard InChI is InChI=1S/C8H13N3S2/c1-2-5-11(6-3-4-6)7-9-10-8(12)13-7/h6H,2-5H2,1H3,(H,10,12). The highest BCUT2D eigenvalue weighted by atomic mass is 32.1. The van der Waals surface area contributed by atoms with Gasteiger partial charge < -0.3 is 4.90 Å². The molecule has 0 saturated heterocycles. The highest BCUT2D eigenvalue weighted by Gasteiger charge is 2.30. The first-order valence-corrected chi connectivity index (χ1v) is 5.86. The predicted molar refractivity (Wildman–Crippen MR) is 58.0 cm³/mol. The van der Waals surface area contributed by atoms with Gasteiger partial charge in [0.25, 0.3) is 0 Å². The van der Waals surface area contributed by atoms with Gasteiger partial charge in [0, 0.05) is 12.6 Å². The van der Waals surface area contributed by atoms with Crippen LogP contribution in [-0.2, 0) is 0 Å². The molecule has 2 rings (SSSR count). The van der Waals surface area contributed by atoms with Gasteiger partial charge in [-0.15, -0.1) is 5.10 Å². The topological polar surface area (TPSA) is 31.9 Å². The van der Waals surface area contributed by atoms with Crippen molar-refractivity contribution in [3.63, 3.8) is 0 Å². The van der Waals surface area contributed by atoms with E-state index >= 15 is 0 Å². The maximum absolute atomic E-state index is 5.02. The lowest BCUT2D eigenvalue weighted by molar-refractivity contribution is 0.753. The molecule has 1 aliphatic carbocycles. The molecular formula is C8H13N3S2. The van der Waals surface area contributed by atoms with E-state index in [1.54, 1.807) is 11.3 Å². The van der Waals surface area contributed by atoms with Gasteiger partial charge in [0.05, 0.1) is 0 Å². The van der Waals surface area contributed by atoms with Gasteiger partial charge >= 0.3 is 0 Å². The minimum atomic E-state index is 0.730. The van der Waals surface area contributed by atoms with Gasteiger partial charge in [0.15, 0.2) is 3.95 Å². The third-order valence-corrected chi connectivity index (χ3v) is 3.25. The van der Waals surface area contributed by atoms with Crippen molar-refractivity contribution in [2.75, 3.05) is 11.4 Å². The summed E-state index contributed by atoms with van der Waals surface area (Å²) in [5.74, 6) is 0. The van der Waals surface area contributed by atoms with Crippen molar-refractivity contribution in [3.05, 3.63) is 3.95 Å². The fraction of sp³-hybridized carbons (Fsp3) is 0.750. The summed E-state index contributed by atoms with van der Waals surface area (Å²) >= 11 is 6.60. The van der Waals surface area contributed by atoms with Gasteiger partial charge in [0.2, 0.25) is 5.13 Å². The van der Waals surface area contributed by atoms with E-state index in [1.807, 2.05) is 0 Å². The van der Waals surface area contributed by atoms with Crippen LogP contribution in [0.5, 0.6) is 0 Å².